The number of piperazine rings is 1. The van der Waals surface area contributed by atoms with Gasteiger partial charge >= 0.3 is 6.09 Å². The van der Waals surface area contributed by atoms with Crippen LogP contribution in [-0.4, -0.2) is 35.9 Å². The van der Waals surface area contributed by atoms with E-state index in [0.29, 0.717) is 4.90 Å². The van der Waals surface area contributed by atoms with E-state index in [4.69, 9.17) is 4.74 Å². The normalized spacial score (nSPS) is 13.9. The van der Waals surface area contributed by atoms with E-state index in [0.717, 1.165) is 26.6 Å². The van der Waals surface area contributed by atoms with Crippen LogP contribution in [0.25, 0.3) is 0 Å². The summed E-state index contributed by atoms with van der Waals surface area (Å²) in [5, 5.41) is 0. The van der Waals surface area contributed by atoms with Crippen LogP contribution in [0, 0.1) is 13.8 Å². The smallest absolute Gasteiger partial charge is 0.423 e. The number of carbonyl (C=O) groups is 3. The molecule has 1 aliphatic rings. The molecule has 0 aromatic heterocycles. The first-order valence-corrected chi connectivity index (χ1v) is 11.4. The number of benzene rings is 3. The van der Waals surface area contributed by atoms with Crippen molar-refractivity contribution in [2.45, 2.75) is 30.2 Å². The van der Waals surface area contributed by atoms with Crippen molar-refractivity contribution in [2.75, 3.05) is 18.0 Å². The van der Waals surface area contributed by atoms with Crippen LogP contribution in [0.15, 0.2) is 82.6 Å². The van der Waals surface area contributed by atoms with Gasteiger partial charge in [-0.1, -0.05) is 71.9 Å². The van der Waals surface area contributed by atoms with Crippen molar-refractivity contribution in [1.82, 2.24) is 4.90 Å². The second-order valence-electron chi connectivity index (χ2n) is 7.86. The first-order chi connectivity index (χ1) is 15.9. The molecule has 3 aromatic carbocycles. The summed E-state index contributed by atoms with van der Waals surface area (Å²) in [7, 11) is 0. The lowest BCUT2D eigenvalue weighted by atomic mass is 10.2. The zero-order valence-corrected chi connectivity index (χ0v) is 19.3. The molecule has 33 heavy (non-hydrogen) atoms. The molecule has 1 aliphatic heterocycles. The maximum Gasteiger partial charge on any atom is 0.423 e. The van der Waals surface area contributed by atoms with Gasteiger partial charge in [-0.3, -0.25) is 9.59 Å². The largest absolute Gasteiger partial charge is 0.444 e. The highest BCUT2D eigenvalue weighted by atomic mass is 32.2. The van der Waals surface area contributed by atoms with E-state index in [9.17, 15) is 14.4 Å². The number of rotatable bonds is 5. The van der Waals surface area contributed by atoms with Gasteiger partial charge in [-0.15, -0.1) is 0 Å². The minimum Gasteiger partial charge on any atom is -0.444 e. The van der Waals surface area contributed by atoms with Crippen molar-refractivity contribution in [2.24, 2.45) is 0 Å². The summed E-state index contributed by atoms with van der Waals surface area (Å²) >= 11 is 1.59. The standard InChI is InChI=1S/C26H24N2O4S/c1-18-12-13-22(19(2)14-18)33-23-11-7-6-10-21(23)27-15-24(29)28(25(30)16-27)26(31)32-17-20-8-4-3-5-9-20/h3-14H,15-17H2,1-2H3. The van der Waals surface area contributed by atoms with Crippen molar-refractivity contribution >= 4 is 35.4 Å². The molecular formula is C26H24N2O4S. The number of anilines is 1. The molecule has 0 radical (unpaired) electrons. The molecule has 0 unspecified atom stereocenters. The van der Waals surface area contributed by atoms with E-state index in [1.165, 1.54) is 5.56 Å². The SMILES string of the molecule is Cc1ccc(Sc2ccccc2N2CC(=O)N(C(=O)OCc3ccccc3)C(=O)C2)c(C)c1. The summed E-state index contributed by atoms with van der Waals surface area (Å²) in [4.78, 5) is 42.3. The molecule has 1 heterocycles. The Kier molecular flexibility index (Phi) is 6.79. The second-order valence-corrected chi connectivity index (χ2v) is 8.94. The Labute approximate surface area is 197 Å². The lowest BCUT2D eigenvalue weighted by Crippen LogP contribution is -2.56. The minimum absolute atomic E-state index is 0.00414. The fourth-order valence-electron chi connectivity index (χ4n) is 3.66. The third kappa shape index (κ3) is 5.26. The van der Waals surface area contributed by atoms with E-state index in [2.05, 4.69) is 32.0 Å². The molecule has 3 amide bonds. The number of carbonyl (C=O) groups excluding carboxylic acids is 3. The number of nitrogens with zero attached hydrogens (tertiary/aromatic N) is 2. The Morgan fingerprint density at radius 1 is 0.879 bits per heavy atom. The Bertz CT molecular complexity index is 1180. The van der Waals surface area contributed by atoms with Gasteiger partial charge in [0.25, 0.3) is 11.8 Å². The maximum atomic E-state index is 12.8. The summed E-state index contributed by atoms with van der Waals surface area (Å²) in [6.07, 6.45) is -0.938. The second kappa shape index (κ2) is 9.92. The highest BCUT2D eigenvalue weighted by Crippen LogP contribution is 2.37. The highest BCUT2D eigenvalue weighted by Gasteiger charge is 2.37. The van der Waals surface area contributed by atoms with Gasteiger partial charge in [0, 0.05) is 9.79 Å². The molecule has 0 aliphatic carbocycles. The quantitative estimate of drug-likeness (QED) is 0.501. The van der Waals surface area contributed by atoms with Crippen LogP contribution in [0.2, 0.25) is 0 Å². The van der Waals surface area contributed by atoms with Crippen molar-refractivity contribution in [3.8, 4) is 0 Å². The minimum atomic E-state index is -0.938. The van der Waals surface area contributed by atoms with Crippen LogP contribution in [0.3, 0.4) is 0 Å². The predicted octanol–water partition coefficient (Wildman–Crippen LogP) is 4.97. The number of aryl methyl sites for hydroxylation is 2. The van der Waals surface area contributed by atoms with Gasteiger partial charge in [0.15, 0.2) is 0 Å². The molecule has 1 fully saturated rings. The lowest BCUT2D eigenvalue weighted by Gasteiger charge is -2.33. The molecule has 0 saturated carbocycles. The van der Waals surface area contributed by atoms with Crippen LogP contribution >= 0.6 is 11.8 Å². The fraction of sp³-hybridized carbons (Fsp3) is 0.192. The molecule has 0 atom stereocenters. The Morgan fingerprint density at radius 2 is 1.55 bits per heavy atom. The number of amides is 3. The van der Waals surface area contributed by atoms with Gasteiger partial charge in [-0.05, 0) is 43.2 Å². The number of ether oxygens (including phenoxy) is 1. The van der Waals surface area contributed by atoms with E-state index < -0.39 is 17.9 Å². The van der Waals surface area contributed by atoms with Crippen LogP contribution in [0.1, 0.15) is 16.7 Å². The van der Waals surface area contributed by atoms with Gasteiger partial charge < -0.3 is 9.64 Å². The topological polar surface area (TPSA) is 66.9 Å². The van der Waals surface area contributed by atoms with E-state index in [1.807, 2.05) is 42.5 Å². The highest BCUT2D eigenvalue weighted by molar-refractivity contribution is 7.99. The summed E-state index contributed by atoms with van der Waals surface area (Å²) in [5.41, 5.74) is 3.91. The number of imide groups is 3. The Hall–Kier alpha value is -3.58. The average molecular weight is 461 g/mol. The van der Waals surface area contributed by atoms with Crippen molar-refractivity contribution < 1.29 is 19.1 Å². The zero-order chi connectivity index (χ0) is 23.4. The van der Waals surface area contributed by atoms with Crippen LogP contribution in [0.4, 0.5) is 10.5 Å². The number of hydrogen-bond donors (Lipinski definition) is 0. The summed E-state index contributed by atoms with van der Waals surface area (Å²) in [5.74, 6) is -1.20. The van der Waals surface area contributed by atoms with Gasteiger partial charge in [0.1, 0.15) is 6.61 Å². The molecule has 168 valence electrons. The summed E-state index contributed by atoms with van der Waals surface area (Å²) in [6.45, 7) is 3.94. The maximum absolute atomic E-state index is 12.8. The van der Waals surface area contributed by atoms with Crippen LogP contribution in [-0.2, 0) is 20.9 Å². The third-order valence-corrected chi connectivity index (χ3v) is 6.54. The summed E-state index contributed by atoms with van der Waals surface area (Å²) < 4.78 is 5.20. The van der Waals surface area contributed by atoms with Crippen LogP contribution in [0.5, 0.6) is 0 Å². The molecule has 0 spiro atoms. The molecule has 1 saturated heterocycles. The molecule has 0 bridgehead atoms. The average Bonchev–Trinajstić information content (AvgIpc) is 2.80. The molecular weight excluding hydrogens is 436 g/mol. The lowest BCUT2D eigenvalue weighted by molar-refractivity contribution is -0.143. The summed E-state index contributed by atoms with van der Waals surface area (Å²) in [6, 6.07) is 23.0. The number of hydrogen-bond acceptors (Lipinski definition) is 6. The van der Waals surface area contributed by atoms with E-state index >= 15 is 0 Å². The predicted molar refractivity (Wildman–Crippen MR) is 127 cm³/mol. The monoisotopic (exact) mass is 460 g/mol. The zero-order valence-electron chi connectivity index (χ0n) is 18.5. The number of para-hydroxylation sites is 1. The molecule has 4 rings (SSSR count). The molecule has 7 heteroatoms. The van der Waals surface area contributed by atoms with Gasteiger partial charge in [-0.25, -0.2) is 4.79 Å². The molecule has 3 aromatic rings. The first-order valence-electron chi connectivity index (χ1n) is 10.6. The first kappa shape index (κ1) is 22.6. The van der Waals surface area contributed by atoms with E-state index in [-0.39, 0.29) is 19.7 Å². The third-order valence-electron chi connectivity index (χ3n) is 5.30. The molecule has 6 nitrogen and oxygen atoms in total. The fourth-order valence-corrected chi connectivity index (χ4v) is 4.70. The van der Waals surface area contributed by atoms with Crippen molar-refractivity contribution in [1.29, 1.82) is 0 Å². The van der Waals surface area contributed by atoms with Crippen molar-refractivity contribution in [3.05, 3.63) is 89.5 Å². The van der Waals surface area contributed by atoms with Gasteiger partial charge in [0.05, 0.1) is 18.8 Å². The Morgan fingerprint density at radius 3 is 2.24 bits per heavy atom. The Balaban J connectivity index is 1.47. The van der Waals surface area contributed by atoms with Crippen molar-refractivity contribution in [3.63, 3.8) is 0 Å². The van der Waals surface area contributed by atoms with Gasteiger partial charge in [0.2, 0.25) is 0 Å². The van der Waals surface area contributed by atoms with Crippen LogP contribution < -0.4 is 4.90 Å². The van der Waals surface area contributed by atoms with Gasteiger partial charge in [-0.2, -0.15) is 4.90 Å². The molecule has 0 N–H and O–H groups in total. The van der Waals surface area contributed by atoms with E-state index in [1.54, 1.807) is 28.8 Å².